The SMILES string of the molecule is Cc1ccc(Cc2n[nH]c(=O)n2/N=C2/C(=O)Nc3ccc([N+](=O)[O-])cc32)cc1. The Hall–Kier alpha value is -4.08. The summed E-state index contributed by atoms with van der Waals surface area (Å²) in [4.78, 5) is 34.9. The van der Waals surface area contributed by atoms with Crippen molar-refractivity contribution in [2.24, 2.45) is 5.10 Å². The molecule has 0 bridgehead atoms. The van der Waals surface area contributed by atoms with Crippen molar-refractivity contribution in [1.29, 1.82) is 0 Å². The van der Waals surface area contributed by atoms with Crippen LogP contribution in [0.3, 0.4) is 0 Å². The molecule has 0 saturated carbocycles. The maximum Gasteiger partial charge on any atom is 0.364 e. The number of aryl methyl sites for hydroxylation is 1. The lowest BCUT2D eigenvalue weighted by molar-refractivity contribution is -0.384. The van der Waals surface area contributed by atoms with Gasteiger partial charge in [0.15, 0.2) is 11.5 Å². The second-order valence-electron chi connectivity index (χ2n) is 6.31. The van der Waals surface area contributed by atoms with Crippen LogP contribution in [0.4, 0.5) is 11.4 Å². The minimum atomic E-state index is -0.610. The van der Waals surface area contributed by atoms with E-state index in [4.69, 9.17) is 0 Å². The Morgan fingerprint density at radius 2 is 1.93 bits per heavy atom. The van der Waals surface area contributed by atoms with E-state index in [1.807, 2.05) is 31.2 Å². The Morgan fingerprint density at radius 1 is 1.18 bits per heavy atom. The van der Waals surface area contributed by atoms with E-state index in [0.29, 0.717) is 17.9 Å². The number of nitro benzene ring substituents is 1. The summed E-state index contributed by atoms with van der Waals surface area (Å²) in [6, 6.07) is 11.7. The molecule has 0 spiro atoms. The van der Waals surface area contributed by atoms with Crippen LogP contribution in [0.25, 0.3) is 0 Å². The summed E-state index contributed by atoms with van der Waals surface area (Å²) in [5.41, 5.74) is 1.79. The number of nitrogens with one attached hydrogen (secondary N) is 2. The molecule has 0 aliphatic carbocycles. The zero-order valence-corrected chi connectivity index (χ0v) is 14.7. The Labute approximate surface area is 157 Å². The molecule has 1 aliphatic rings. The molecule has 1 aromatic heterocycles. The Morgan fingerprint density at radius 3 is 2.64 bits per heavy atom. The zero-order chi connectivity index (χ0) is 19.8. The van der Waals surface area contributed by atoms with E-state index >= 15 is 0 Å². The minimum absolute atomic E-state index is 0.0904. The van der Waals surface area contributed by atoms with Crippen molar-refractivity contribution in [3.63, 3.8) is 0 Å². The van der Waals surface area contributed by atoms with Gasteiger partial charge >= 0.3 is 5.69 Å². The van der Waals surface area contributed by atoms with Gasteiger partial charge in [-0.3, -0.25) is 14.9 Å². The molecule has 0 radical (unpaired) electrons. The number of aromatic nitrogens is 3. The van der Waals surface area contributed by atoms with E-state index in [2.05, 4.69) is 20.6 Å². The molecule has 10 nitrogen and oxygen atoms in total. The molecule has 0 fully saturated rings. The highest BCUT2D eigenvalue weighted by atomic mass is 16.6. The fraction of sp³-hybridized carbons (Fsp3) is 0.111. The number of carbonyl (C=O) groups excluding carboxylic acids is 1. The maximum absolute atomic E-state index is 12.3. The number of anilines is 1. The van der Waals surface area contributed by atoms with Crippen LogP contribution in [0.2, 0.25) is 0 Å². The smallest absolute Gasteiger partial charge is 0.320 e. The van der Waals surface area contributed by atoms with Gasteiger partial charge in [0, 0.05) is 24.1 Å². The molecule has 0 unspecified atom stereocenters. The first kappa shape index (κ1) is 17.3. The number of fused-ring (bicyclic) bond motifs is 1. The first-order valence-corrected chi connectivity index (χ1v) is 8.33. The first-order chi connectivity index (χ1) is 13.4. The largest absolute Gasteiger partial charge is 0.364 e. The lowest BCUT2D eigenvalue weighted by atomic mass is 10.1. The van der Waals surface area contributed by atoms with Crippen molar-refractivity contribution in [3.05, 3.63) is 85.6 Å². The summed E-state index contributed by atoms with van der Waals surface area (Å²) < 4.78 is 1.00. The molecular weight excluding hydrogens is 364 g/mol. The fourth-order valence-electron chi connectivity index (χ4n) is 2.88. The third-order valence-electron chi connectivity index (χ3n) is 4.33. The molecule has 2 aromatic carbocycles. The molecular formula is C18H14N6O4. The molecule has 0 saturated heterocycles. The molecule has 0 atom stereocenters. The third kappa shape index (κ3) is 3.07. The van der Waals surface area contributed by atoms with Crippen molar-refractivity contribution < 1.29 is 9.72 Å². The Balaban J connectivity index is 1.76. The van der Waals surface area contributed by atoms with Crippen molar-refractivity contribution in [2.45, 2.75) is 13.3 Å². The Kier molecular flexibility index (Phi) is 4.07. The minimum Gasteiger partial charge on any atom is -0.320 e. The lowest BCUT2D eigenvalue weighted by Gasteiger charge is -2.03. The van der Waals surface area contributed by atoms with Gasteiger partial charge in [-0.25, -0.2) is 9.89 Å². The van der Waals surface area contributed by atoms with Crippen molar-refractivity contribution in [2.75, 3.05) is 5.32 Å². The van der Waals surface area contributed by atoms with Gasteiger partial charge < -0.3 is 5.32 Å². The number of hydrogen-bond donors (Lipinski definition) is 2. The number of aromatic amines is 1. The highest BCUT2D eigenvalue weighted by molar-refractivity contribution is 6.53. The molecule has 1 amide bonds. The number of amides is 1. The van der Waals surface area contributed by atoms with Gasteiger partial charge in [-0.05, 0) is 18.6 Å². The van der Waals surface area contributed by atoms with Gasteiger partial charge in [-0.1, -0.05) is 29.8 Å². The monoisotopic (exact) mass is 378 g/mol. The second-order valence-corrected chi connectivity index (χ2v) is 6.31. The average Bonchev–Trinajstić information content (AvgIpc) is 3.17. The summed E-state index contributed by atoms with van der Waals surface area (Å²) in [5.74, 6) is -0.238. The lowest BCUT2D eigenvalue weighted by Crippen LogP contribution is -2.21. The molecule has 2 heterocycles. The van der Waals surface area contributed by atoms with Gasteiger partial charge in [-0.2, -0.15) is 14.9 Å². The predicted molar refractivity (Wildman–Crippen MR) is 100 cm³/mol. The molecule has 28 heavy (non-hydrogen) atoms. The van der Waals surface area contributed by atoms with Crippen LogP contribution in [-0.2, 0) is 11.2 Å². The van der Waals surface area contributed by atoms with E-state index in [1.54, 1.807) is 0 Å². The molecule has 2 N–H and O–H groups in total. The number of nitro groups is 1. The summed E-state index contributed by atoms with van der Waals surface area (Å²) in [7, 11) is 0. The number of nitrogens with zero attached hydrogens (tertiary/aromatic N) is 4. The highest BCUT2D eigenvalue weighted by Crippen LogP contribution is 2.27. The average molecular weight is 378 g/mol. The van der Waals surface area contributed by atoms with Gasteiger partial charge in [0.1, 0.15) is 0 Å². The van der Waals surface area contributed by atoms with Gasteiger partial charge in [0.05, 0.1) is 10.6 Å². The fourth-order valence-corrected chi connectivity index (χ4v) is 2.88. The third-order valence-corrected chi connectivity index (χ3v) is 4.33. The number of hydrogen-bond acceptors (Lipinski definition) is 6. The first-order valence-electron chi connectivity index (χ1n) is 8.33. The van der Waals surface area contributed by atoms with Gasteiger partial charge in [0.25, 0.3) is 11.6 Å². The van der Waals surface area contributed by atoms with Gasteiger partial charge in [-0.15, -0.1) is 0 Å². The number of carbonyl (C=O) groups is 1. The van der Waals surface area contributed by atoms with Crippen LogP contribution in [0.15, 0.2) is 52.4 Å². The maximum atomic E-state index is 12.3. The van der Waals surface area contributed by atoms with Crippen LogP contribution < -0.4 is 11.0 Å². The molecule has 10 heteroatoms. The summed E-state index contributed by atoms with van der Waals surface area (Å²) in [6.07, 6.45) is 0.319. The normalized spacial score (nSPS) is 14.2. The van der Waals surface area contributed by atoms with Crippen molar-refractivity contribution in [3.8, 4) is 0 Å². The van der Waals surface area contributed by atoms with Crippen molar-refractivity contribution >= 4 is 23.0 Å². The molecule has 1 aliphatic heterocycles. The van der Waals surface area contributed by atoms with E-state index in [-0.39, 0.29) is 17.0 Å². The van der Waals surface area contributed by atoms with E-state index in [1.165, 1.54) is 18.2 Å². The molecule has 3 aromatic rings. The zero-order valence-electron chi connectivity index (χ0n) is 14.7. The Bertz CT molecular complexity index is 1190. The van der Waals surface area contributed by atoms with Crippen LogP contribution in [0.5, 0.6) is 0 Å². The molecule has 4 rings (SSSR count). The number of rotatable bonds is 4. The topological polar surface area (TPSA) is 135 Å². The standard InChI is InChI=1S/C18H14N6O4/c1-10-2-4-11(5-3-10)8-15-20-21-18(26)23(15)22-16-13-9-12(24(27)28)6-7-14(13)19-17(16)25/h2-7,9H,8H2,1H3,(H,21,26)(H,19,22,25). The number of non-ortho nitro benzene ring substituents is 1. The molecule has 140 valence electrons. The quantitative estimate of drug-likeness (QED) is 0.525. The summed E-state index contributed by atoms with van der Waals surface area (Å²) >= 11 is 0. The van der Waals surface area contributed by atoms with E-state index in [0.717, 1.165) is 15.8 Å². The number of benzene rings is 2. The van der Waals surface area contributed by atoms with Crippen LogP contribution in [0, 0.1) is 17.0 Å². The predicted octanol–water partition coefficient (Wildman–Crippen LogP) is 1.58. The summed E-state index contributed by atoms with van der Waals surface area (Å²) in [5, 5.41) is 24.1. The van der Waals surface area contributed by atoms with E-state index in [9.17, 15) is 19.7 Å². The number of H-pyrrole nitrogens is 1. The van der Waals surface area contributed by atoms with Crippen molar-refractivity contribution in [1.82, 2.24) is 14.9 Å². The second kappa shape index (κ2) is 6.58. The van der Waals surface area contributed by atoms with E-state index < -0.39 is 16.5 Å². The van der Waals surface area contributed by atoms with Crippen LogP contribution >= 0.6 is 0 Å². The van der Waals surface area contributed by atoms with Crippen LogP contribution in [0.1, 0.15) is 22.5 Å². The highest BCUT2D eigenvalue weighted by Gasteiger charge is 2.29. The summed E-state index contributed by atoms with van der Waals surface area (Å²) in [6.45, 7) is 1.97. The van der Waals surface area contributed by atoms with Gasteiger partial charge in [0.2, 0.25) is 0 Å². The van der Waals surface area contributed by atoms with Crippen LogP contribution in [-0.4, -0.2) is 31.4 Å².